The normalized spacial score (nSPS) is 19.3. The number of rotatable bonds is 5. The fourth-order valence-corrected chi connectivity index (χ4v) is 4.40. The van der Waals surface area contributed by atoms with Gasteiger partial charge in [-0.05, 0) is 61.8 Å². The summed E-state index contributed by atoms with van der Waals surface area (Å²) >= 11 is 0. The average molecular weight is 380 g/mol. The van der Waals surface area contributed by atoms with Gasteiger partial charge in [-0.25, -0.2) is 9.78 Å². The SMILES string of the molecule is COc1ccc(C[C@@H]2C3=C(CCCC3)CCN2C(=O)NCc2ncc[nH]2)cc1. The molecule has 0 unspecified atom stereocenters. The third-order valence-corrected chi connectivity index (χ3v) is 5.87. The Morgan fingerprint density at radius 3 is 2.82 bits per heavy atom. The number of aromatic amines is 1. The number of carbonyl (C=O) groups excluding carboxylic acids is 1. The molecule has 0 spiro atoms. The summed E-state index contributed by atoms with van der Waals surface area (Å²) in [5, 5.41) is 3.03. The molecule has 148 valence electrons. The number of H-pyrrole nitrogens is 1. The summed E-state index contributed by atoms with van der Waals surface area (Å²) in [5.41, 5.74) is 4.30. The van der Waals surface area contributed by atoms with Crippen molar-refractivity contribution in [2.24, 2.45) is 0 Å². The zero-order chi connectivity index (χ0) is 19.3. The van der Waals surface area contributed by atoms with E-state index in [1.807, 2.05) is 17.0 Å². The first-order valence-electron chi connectivity index (χ1n) is 10.1. The van der Waals surface area contributed by atoms with E-state index in [0.717, 1.165) is 37.4 Å². The molecule has 2 amide bonds. The van der Waals surface area contributed by atoms with Crippen LogP contribution in [-0.2, 0) is 13.0 Å². The van der Waals surface area contributed by atoms with E-state index in [0.29, 0.717) is 6.54 Å². The highest BCUT2D eigenvalue weighted by molar-refractivity contribution is 5.75. The summed E-state index contributed by atoms with van der Waals surface area (Å²) in [6, 6.07) is 8.33. The van der Waals surface area contributed by atoms with Crippen LogP contribution >= 0.6 is 0 Å². The highest BCUT2D eigenvalue weighted by Gasteiger charge is 2.33. The zero-order valence-corrected chi connectivity index (χ0v) is 16.4. The molecule has 0 saturated carbocycles. The fraction of sp³-hybridized carbons (Fsp3) is 0.455. The van der Waals surface area contributed by atoms with Gasteiger partial charge in [-0.1, -0.05) is 17.7 Å². The van der Waals surface area contributed by atoms with Crippen molar-refractivity contribution >= 4 is 6.03 Å². The van der Waals surface area contributed by atoms with Gasteiger partial charge in [0.15, 0.2) is 0 Å². The minimum absolute atomic E-state index is 0.00737. The first-order chi connectivity index (χ1) is 13.7. The zero-order valence-electron chi connectivity index (χ0n) is 16.4. The molecule has 0 fully saturated rings. The molecule has 1 aliphatic heterocycles. The van der Waals surface area contributed by atoms with Crippen molar-refractivity contribution in [3.05, 3.63) is 59.2 Å². The predicted octanol–water partition coefficient (Wildman–Crippen LogP) is 3.82. The van der Waals surface area contributed by atoms with E-state index >= 15 is 0 Å². The highest BCUT2D eigenvalue weighted by Crippen LogP contribution is 2.36. The van der Waals surface area contributed by atoms with Crippen LogP contribution in [0.5, 0.6) is 5.75 Å². The Balaban J connectivity index is 1.53. The number of hydrogen-bond acceptors (Lipinski definition) is 3. The molecule has 2 aromatic rings. The Hall–Kier alpha value is -2.76. The van der Waals surface area contributed by atoms with Gasteiger partial charge >= 0.3 is 6.03 Å². The van der Waals surface area contributed by atoms with Gasteiger partial charge in [-0.15, -0.1) is 0 Å². The predicted molar refractivity (Wildman–Crippen MR) is 108 cm³/mol. The summed E-state index contributed by atoms with van der Waals surface area (Å²) in [5.74, 6) is 1.63. The van der Waals surface area contributed by atoms with Crippen molar-refractivity contribution in [1.29, 1.82) is 0 Å². The Morgan fingerprint density at radius 1 is 1.25 bits per heavy atom. The molecule has 4 rings (SSSR count). The molecule has 1 aromatic heterocycles. The number of hydrogen-bond donors (Lipinski definition) is 2. The van der Waals surface area contributed by atoms with E-state index in [1.54, 1.807) is 25.1 Å². The quantitative estimate of drug-likeness (QED) is 0.775. The Labute approximate surface area is 166 Å². The molecule has 0 radical (unpaired) electrons. The molecular weight excluding hydrogens is 352 g/mol. The van der Waals surface area contributed by atoms with E-state index in [1.165, 1.54) is 30.4 Å². The molecule has 28 heavy (non-hydrogen) atoms. The van der Waals surface area contributed by atoms with Gasteiger partial charge in [-0.2, -0.15) is 0 Å². The van der Waals surface area contributed by atoms with Crippen molar-refractivity contribution in [2.75, 3.05) is 13.7 Å². The van der Waals surface area contributed by atoms with Gasteiger partial charge in [0.1, 0.15) is 11.6 Å². The summed E-state index contributed by atoms with van der Waals surface area (Å²) < 4.78 is 5.28. The van der Waals surface area contributed by atoms with Crippen LogP contribution in [0.3, 0.4) is 0 Å². The number of nitrogens with zero attached hydrogens (tertiary/aromatic N) is 2. The number of aromatic nitrogens is 2. The van der Waals surface area contributed by atoms with Crippen LogP contribution in [0.4, 0.5) is 4.79 Å². The topological polar surface area (TPSA) is 70.2 Å². The minimum atomic E-state index is -0.00737. The van der Waals surface area contributed by atoms with E-state index < -0.39 is 0 Å². The van der Waals surface area contributed by atoms with Crippen LogP contribution < -0.4 is 10.1 Å². The Morgan fingerprint density at radius 2 is 2.07 bits per heavy atom. The number of imidazole rings is 1. The number of urea groups is 1. The van der Waals surface area contributed by atoms with Crippen molar-refractivity contribution in [3.8, 4) is 5.75 Å². The second-order valence-corrected chi connectivity index (χ2v) is 7.54. The molecule has 6 heteroatoms. The fourth-order valence-electron chi connectivity index (χ4n) is 4.40. The number of benzene rings is 1. The maximum atomic E-state index is 13.0. The number of carbonyl (C=O) groups is 1. The van der Waals surface area contributed by atoms with Gasteiger partial charge in [-0.3, -0.25) is 0 Å². The average Bonchev–Trinajstić information content (AvgIpc) is 3.26. The lowest BCUT2D eigenvalue weighted by Crippen LogP contribution is -2.50. The molecule has 1 atom stereocenters. The number of methoxy groups -OCH3 is 1. The van der Waals surface area contributed by atoms with Crippen LogP contribution in [0.15, 0.2) is 47.8 Å². The Bertz CT molecular complexity index is 827. The summed E-state index contributed by atoms with van der Waals surface area (Å²) in [6.45, 7) is 1.20. The molecule has 0 saturated heterocycles. The Kier molecular flexibility index (Phi) is 5.65. The van der Waals surface area contributed by atoms with Crippen LogP contribution in [0.25, 0.3) is 0 Å². The lowest BCUT2D eigenvalue weighted by molar-refractivity contribution is 0.174. The summed E-state index contributed by atoms with van der Waals surface area (Å²) in [4.78, 5) is 22.3. The van der Waals surface area contributed by atoms with E-state index in [9.17, 15) is 4.79 Å². The van der Waals surface area contributed by atoms with Crippen LogP contribution in [0.2, 0.25) is 0 Å². The summed E-state index contributed by atoms with van der Waals surface area (Å²) in [7, 11) is 1.68. The second kappa shape index (κ2) is 8.50. The van der Waals surface area contributed by atoms with Gasteiger partial charge in [0.2, 0.25) is 0 Å². The smallest absolute Gasteiger partial charge is 0.318 e. The van der Waals surface area contributed by atoms with Crippen LogP contribution in [0, 0.1) is 0 Å². The standard InChI is InChI=1S/C22H28N4O2/c1-28-18-8-6-16(7-9-18)14-20-19-5-3-2-4-17(19)10-13-26(20)22(27)25-15-21-23-11-12-24-21/h6-9,11-12,20H,2-5,10,13-15H2,1H3,(H,23,24)(H,25,27)/t20-/m1/s1. The highest BCUT2D eigenvalue weighted by atomic mass is 16.5. The lowest BCUT2D eigenvalue weighted by atomic mass is 9.80. The van der Waals surface area contributed by atoms with E-state index in [4.69, 9.17) is 4.74 Å². The lowest BCUT2D eigenvalue weighted by Gasteiger charge is -2.41. The molecular formula is C22H28N4O2. The van der Waals surface area contributed by atoms with E-state index in [2.05, 4.69) is 27.4 Å². The summed E-state index contributed by atoms with van der Waals surface area (Å²) in [6.07, 6.45) is 10.1. The third-order valence-electron chi connectivity index (χ3n) is 5.87. The molecule has 2 N–H and O–H groups in total. The number of ether oxygens (including phenoxy) is 1. The van der Waals surface area contributed by atoms with Crippen molar-refractivity contribution in [3.63, 3.8) is 0 Å². The second-order valence-electron chi connectivity index (χ2n) is 7.54. The van der Waals surface area contributed by atoms with Crippen molar-refractivity contribution in [2.45, 2.75) is 51.1 Å². The van der Waals surface area contributed by atoms with Gasteiger partial charge in [0.25, 0.3) is 0 Å². The number of nitrogens with one attached hydrogen (secondary N) is 2. The van der Waals surface area contributed by atoms with Crippen molar-refractivity contribution < 1.29 is 9.53 Å². The molecule has 0 bridgehead atoms. The molecule has 2 heterocycles. The van der Waals surface area contributed by atoms with Gasteiger partial charge in [0, 0.05) is 18.9 Å². The van der Waals surface area contributed by atoms with Crippen LogP contribution in [0.1, 0.15) is 43.5 Å². The minimum Gasteiger partial charge on any atom is -0.497 e. The molecule has 6 nitrogen and oxygen atoms in total. The van der Waals surface area contributed by atoms with Gasteiger partial charge in [0.05, 0.1) is 19.7 Å². The van der Waals surface area contributed by atoms with Crippen molar-refractivity contribution in [1.82, 2.24) is 20.2 Å². The number of amides is 2. The third kappa shape index (κ3) is 4.06. The van der Waals surface area contributed by atoms with E-state index in [-0.39, 0.29) is 12.1 Å². The monoisotopic (exact) mass is 380 g/mol. The largest absolute Gasteiger partial charge is 0.497 e. The first kappa shape index (κ1) is 18.6. The van der Waals surface area contributed by atoms with Gasteiger partial charge < -0.3 is 19.9 Å². The van der Waals surface area contributed by atoms with Crippen LogP contribution in [-0.4, -0.2) is 40.6 Å². The maximum absolute atomic E-state index is 13.0. The molecule has 1 aliphatic carbocycles. The molecule has 2 aliphatic rings. The maximum Gasteiger partial charge on any atom is 0.318 e. The molecule has 1 aromatic carbocycles. The first-order valence-corrected chi connectivity index (χ1v) is 10.1.